The summed E-state index contributed by atoms with van der Waals surface area (Å²) < 4.78 is 0. The minimum absolute atomic E-state index is 0.0568. The van der Waals surface area contributed by atoms with Crippen LogP contribution < -0.4 is 0 Å². The Hall–Kier alpha value is -0.820. The summed E-state index contributed by atoms with van der Waals surface area (Å²) in [7, 11) is 0. The molecule has 1 N–H and O–H groups in total. The molecule has 0 radical (unpaired) electrons. The molecule has 0 saturated heterocycles. The molecule has 0 bridgehead atoms. The van der Waals surface area contributed by atoms with Crippen LogP contribution in [-0.2, 0) is 0 Å². The van der Waals surface area contributed by atoms with Gasteiger partial charge in [-0.05, 0) is 25.3 Å². The van der Waals surface area contributed by atoms with Crippen molar-refractivity contribution in [1.82, 2.24) is 0 Å². The Balaban J connectivity index is 2.74. The molecule has 0 aromatic carbocycles. The van der Waals surface area contributed by atoms with Crippen molar-refractivity contribution in [3.8, 4) is 0 Å². The Morgan fingerprint density at radius 3 is 2.58 bits per heavy atom. The second-order valence-electron chi connectivity index (χ2n) is 3.29. The molecule has 0 aliphatic heterocycles. The van der Waals surface area contributed by atoms with Crippen LogP contribution in [0.2, 0.25) is 0 Å². The van der Waals surface area contributed by atoms with Crippen LogP contribution in [0.1, 0.15) is 19.8 Å². The number of hydrogen-bond acceptors (Lipinski definition) is 1. The van der Waals surface area contributed by atoms with Gasteiger partial charge in [0.25, 0.3) is 0 Å². The van der Waals surface area contributed by atoms with Gasteiger partial charge in [0, 0.05) is 5.41 Å². The molecule has 1 fully saturated rings. The molecule has 0 aromatic rings. The van der Waals surface area contributed by atoms with Gasteiger partial charge in [0.15, 0.2) is 0 Å². The van der Waals surface area contributed by atoms with E-state index in [1.807, 2.05) is 31.2 Å². The van der Waals surface area contributed by atoms with Crippen LogP contribution in [-0.4, -0.2) is 11.7 Å². The van der Waals surface area contributed by atoms with Gasteiger partial charge >= 0.3 is 0 Å². The molecule has 1 saturated carbocycles. The van der Waals surface area contributed by atoms with Crippen LogP contribution >= 0.6 is 0 Å². The SMILES string of the molecule is C=C/C(=C\C=C/C)C1(CO)CC1. The number of aliphatic hydroxyl groups excluding tert-OH is 1. The second-order valence-corrected chi connectivity index (χ2v) is 3.29. The summed E-state index contributed by atoms with van der Waals surface area (Å²) >= 11 is 0. The molecule has 0 atom stereocenters. The Kier molecular flexibility index (Phi) is 2.88. The lowest BCUT2D eigenvalue weighted by atomic mass is 9.96. The van der Waals surface area contributed by atoms with Crippen molar-refractivity contribution in [2.24, 2.45) is 5.41 Å². The first-order chi connectivity index (χ1) is 5.79. The number of aliphatic hydroxyl groups is 1. The van der Waals surface area contributed by atoms with Crippen molar-refractivity contribution >= 4 is 0 Å². The molecule has 1 nitrogen and oxygen atoms in total. The minimum Gasteiger partial charge on any atom is -0.395 e. The van der Waals surface area contributed by atoms with Crippen LogP contribution in [0.4, 0.5) is 0 Å². The summed E-state index contributed by atoms with van der Waals surface area (Å²) in [5.41, 5.74) is 1.23. The first kappa shape index (κ1) is 9.27. The maximum Gasteiger partial charge on any atom is 0.0527 e. The van der Waals surface area contributed by atoms with Gasteiger partial charge in [0.05, 0.1) is 6.61 Å². The third-order valence-electron chi connectivity index (χ3n) is 2.46. The van der Waals surface area contributed by atoms with Crippen molar-refractivity contribution in [1.29, 1.82) is 0 Å². The van der Waals surface area contributed by atoms with E-state index in [4.69, 9.17) is 5.11 Å². The minimum atomic E-state index is 0.0568. The van der Waals surface area contributed by atoms with Crippen molar-refractivity contribution in [3.63, 3.8) is 0 Å². The van der Waals surface area contributed by atoms with Crippen LogP contribution in [0.3, 0.4) is 0 Å². The van der Waals surface area contributed by atoms with Gasteiger partial charge < -0.3 is 5.11 Å². The van der Waals surface area contributed by atoms with Crippen LogP contribution in [0.25, 0.3) is 0 Å². The molecule has 1 rings (SSSR count). The molecule has 12 heavy (non-hydrogen) atoms. The third-order valence-corrected chi connectivity index (χ3v) is 2.46. The maximum atomic E-state index is 9.14. The molecule has 66 valence electrons. The largest absolute Gasteiger partial charge is 0.395 e. The fourth-order valence-corrected chi connectivity index (χ4v) is 1.35. The van der Waals surface area contributed by atoms with E-state index in [0.29, 0.717) is 0 Å². The number of allylic oxidation sites excluding steroid dienone is 4. The zero-order valence-electron chi connectivity index (χ0n) is 7.59. The average Bonchev–Trinajstić information content (AvgIpc) is 2.87. The molecule has 0 heterocycles. The van der Waals surface area contributed by atoms with Crippen molar-refractivity contribution in [2.75, 3.05) is 6.61 Å². The molecule has 1 heteroatoms. The molecule has 0 aromatic heterocycles. The predicted octanol–water partition coefficient (Wildman–Crippen LogP) is 2.45. The summed E-state index contributed by atoms with van der Waals surface area (Å²) in [6.45, 7) is 5.99. The highest BCUT2D eigenvalue weighted by molar-refractivity contribution is 5.33. The van der Waals surface area contributed by atoms with Crippen LogP contribution in [0, 0.1) is 5.41 Å². The van der Waals surface area contributed by atoms with Crippen LogP contribution in [0.5, 0.6) is 0 Å². The fourth-order valence-electron chi connectivity index (χ4n) is 1.35. The fraction of sp³-hybridized carbons (Fsp3) is 0.455. The number of rotatable bonds is 4. The molecule has 0 spiro atoms. The van der Waals surface area contributed by atoms with Gasteiger partial charge in [-0.1, -0.05) is 30.9 Å². The summed E-state index contributed by atoms with van der Waals surface area (Å²) in [4.78, 5) is 0. The third kappa shape index (κ3) is 1.67. The van der Waals surface area contributed by atoms with E-state index < -0.39 is 0 Å². The number of hydrogen-bond donors (Lipinski definition) is 1. The summed E-state index contributed by atoms with van der Waals surface area (Å²) in [5, 5.41) is 9.14. The summed E-state index contributed by atoms with van der Waals surface area (Å²) in [6.07, 6.45) is 10.1. The predicted molar refractivity (Wildman–Crippen MR) is 51.8 cm³/mol. The molecular weight excluding hydrogens is 148 g/mol. The Labute approximate surface area is 74.1 Å². The topological polar surface area (TPSA) is 20.2 Å². The highest BCUT2D eigenvalue weighted by Crippen LogP contribution is 2.51. The van der Waals surface area contributed by atoms with Crippen LogP contribution in [0.15, 0.2) is 36.5 Å². The van der Waals surface area contributed by atoms with Gasteiger partial charge in [0.1, 0.15) is 0 Å². The standard InChI is InChI=1S/C11H16O/c1-3-5-6-10(4-2)11(9-12)7-8-11/h3-6,12H,2,7-9H2,1H3/b5-3-,10-6+. The molecular formula is C11H16O. The lowest BCUT2D eigenvalue weighted by Crippen LogP contribution is -2.07. The zero-order chi connectivity index (χ0) is 9.03. The van der Waals surface area contributed by atoms with Crippen molar-refractivity contribution in [2.45, 2.75) is 19.8 Å². The second kappa shape index (κ2) is 3.72. The van der Waals surface area contributed by atoms with E-state index >= 15 is 0 Å². The Morgan fingerprint density at radius 1 is 1.58 bits per heavy atom. The van der Waals surface area contributed by atoms with Crippen molar-refractivity contribution < 1.29 is 5.11 Å². The molecule has 0 amide bonds. The smallest absolute Gasteiger partial charge is 0.0527 e. The molecule has 0 unspecified atom stereocenters. The van der Waals surface area contributed by atoms with E-state index in [0.717, 1.165) is 12.8 Å². The van der Waals surface area contributed by atoms with Gasteiger partial charge in [-0.3, -0.25) is 0 Å². The summed E-state index contributed by atoms with van der Waals surface area (Å²) in [5.74, 6) is 0. The van der Waals surface area contributed by atoms with Gasteiger partial charge in [-0.25, -0.2) is 0 Å². The van der Waals surface area contributed by atoms with E-state index in [1.54, 1.807) is 0 Å². The van der Waals surface area contributed by atoms with E-state index in [9.17, 15) is 0 Å². The van der Waals surface area contributed by atoms with E-state index in [1.165, 1.54) is 5.57 Å². The van der Waals surface area contributed by atoms with Gasteiger partial charge in [-0.15, -0.1) is 0 Å². The Bertz CT molecular complexity index is 219. The highest BCUT2D eigenvalue weighted by atomic mass is 16.3. The highest BCUT2D eigenvalue weighted by Gasteiger charge is 2.43. The lowest BCUT2D eigenvalue weighted by molar-refractivity contribution is 0.236. The van der Waals surface area contributed by atoms with E-state index in [-0.39, 0.29) is 12.0 Å². The first-order valence-electron chi connectivity index (χ1n) is 4.36. The molecule has 1 aliphatic carbocycles. The molecule has 1 aliphatic rings. The maximum absolute atomic E-state index is 9.14. The monoisotopic (exact) mass is 164 g/mol. The van der Waals surface area contributed by atoms with Crippen molar-refractivity contribution in [3.05, 3.63) is 36.5 Å². The first-order valence-corrected chi connectivity index (χ1v) is 4.36. The Morgan fingerprint density at radius 2 is 2.25 bits per heavy atom. The van der Waals surface area contributed by atoms with Gasteiger partial charge in [0.2, 0.25) is 0 Å². The lowest BCUT2D eigenvalue weighted by Gasteiger charge is -2.11. The summed E-state index contributed by atoms with van der Waals surface area (Å²) in [6, 6.07) is 0. The normalized spacial score (nSPS) is 21.3. The average molecular weight is 164 g/mol. The van der Waals surface area contributed by atoms with E-state index in [2.05, 4.69) is 6.58 Å². The van der Waals surface area contributed by atoms with Gasteiger partial charge in [-0.2, -0.15) is 0 Å². The quantitative estimate of drug-likeness (QED) is 0.633. The zero-order valence-corrected chi connectivity index (χ0v) is 7.59.